The average molecular weight is 695 g/mol. The Labute approximate surface area is 302 Å². The summed E-state index contributed by atoms with van der Waals surface area (Å²) in [6.45, 7) is 7.20. The summed E-state index contributed by atoms with van der Waals surface area (Å²) >= 11 is 0. The van der Waals surface area contributed by atoms with E-state index in [4.69, 9.17) is 29.5 Å². The lowest BCUT2D eigenvalue weighted by Gasteiger charge is -2.33. The lowest BCUT2D eigenvalue weighted by molar-refractivity contribution is 0.311. The van der Waals surface area contributed by atoms with Gasteiger partial charge in [-0.25, -0.2) is 4.98 Å². The summed E-state index contributed by atoms with van der Waals surface area (Å²) in [7, 11) is 5.53. The molecule has 0 spiro atoms. The van der Waals surface area contributed by atoms with Crippen molar-refractivity contribution >= 4 is 28.6 Å². The third-order valence-electron chi connectivity index (χ3n) is 9.71. The number of nitrogens with zero attached hydrogens (tertiary/aromatic N) is 10. The Kier molecular flexibility index (Phi) is 9.13. The molecule has 0 bridgehead atoms. The average Bonchev–Trinajstić information content (AvgIpc) is 3.76. The Bertz CT molecular complexity index is 2310. The van der Waals surface area contributed by atoms with Gasteiger partial charge in [-0.2, -0.15) is 19.6 Å². The Morgan fingerprint density at radius 3 is 2.19 bits per heavy atom. The monoisotopic (exact) mass is 694 g/mol. The number of anilines is 2. The summed E-state index contributed by atoms with van der Waals surface area (Å²) in [4.78, 5) is 27.1. The molecule has 8 rings (SSSR count). The van der Waals surface area contributed by atoms with E-state index in [-0.39, 0.29) is 0 Å². The van der Waals surface area contributed by atoms with E-state index in [9.17, 15) is 0 Å². The van der Waals surface area contributed by atoms with Crippen LogP contribution in [0.3, 0.4) is 0 Å². The first kappa shape index (κ1) is 33.2. The highest BCUT2D eigenvalue weighted by atomic mass is 16.5. The number of hydrogen-bond donors (Lipinski definition) is 0. The summed E-state index contributed by atoms with van der Waals surface area (Å²) in [6.07, 6.45) is 3.72. The second kappa shape index (κ2) is 14.3. The predicted molar refractivity (Wildman–Crippen MR) is 203 cm³/mol. The smallest absolute Gasteiger partial charge is 0.232 e. The molecule has 0 radical (unpaired) electrons. The summed E-state index contributed by atoms with van der Waals surface area (Å²) in [5, 5.41) is 4.95. The van der Waals surface area contributed by atoms with Gasteiger partial charge < -0.3 is 28.7 Å². The number of likely N-dealkylation sites (N-methyl/N-ethyl adjacent to an activating group) is 1. The van der Waals surface area contributed by atoms with E-state index in [1.165, 1.54) is 0 Å². The normalized spacial score (nSPS) is 13.6. The minimum atomic E-state index is 0.467. The maximum atomic E-state index is 5.49. The number of methoxy groups -OCH3 is 2. The molecule has 7 aromatic rings. The Hall–Kier alpha value is -6.01. The van der Waals surface area contributed by atoms with Gasteiger partial charge in [0.05, 0.1) is 38.0 Å². The van der Waals surface area contributed by atoms with Crippen LogP contribution in [0.4, 0.5) is 11.9 Å². The van der Waals surface area contributed by atoms with Crippen molar-refractivity contribution in [2.24, 2.45) is 0 Å². The Balaban J connectivity index is 1.28. The number of rotatable bonds is 11. The van der Waals surface area contributed by atoms with Crippen LogP contribution in [-0.2, 0) is 19.6 Å². The fourth-order valence-electron chi connectivity index (χ4n) is 6.78. The van der Waals surface area contributed by atoms with E-state index < -0.39 is 0 Å². The van der Waals surface area contributed by atoms with Crippen LogP contribution in [0.5, 0.6) is 11.5 Å². The molecule has 5 heterocycles. The molecule has 1 saturated heterocycles. The van der Waals surface area contributed by atoms with Gasteiger partial charge in [0.25, 0.3) is 0 Å². The molecule has 12 heteroatoms. The Morgan fingerprint density at radius 2 is 1.48 bits per heavy atom. The highest BCUT2D eigenvalue weighted by Crippen LogP contribution is 2.30. The van der Waals surface area contributed by atoms with E-state index in [1.54, 1.807) is 14.2 Å². The van der Waals surface area contributed by atoms with E-state index in [2.05, 4.69) is 79.8 Å². The van der Waals surface area contributed by atoms with Crippen molar-refractivity contribution in [3.63, 3.8) is 0 Å². The van der Waals surface area contributed by atoms with Crippen molar-refractivity contribution in [3.05, 3.63) is 120 Å². The molecule has 12 nitrogen and oxygen atoms in total. The van der Waals surface area contributed by atoms with Crippen LogP contribution >= 0.6 is 0 Å². The van der Waals surface area contributed by atoms with Crippen LogP contribution in [0, 0.1) is 6.92 Å². The van der Waals surface area contributed by atoms with Gasteiger partial charge in [-0.05, 0) is 79.2 Å². The van der Waals surface area contributed by atoms with Gasteiger partial charge in [0, 0.05) is 56.7 Å². The third kappa shape index (κ3) is 6.72. The molecule has 0 atom stereocenters. The second-order valence-electron chi connectivity index (χ2n) is 13.2. The van der Waals surface area contributed by atoms with Crippen molar-refractivity contribution in [1.82, 2.24) is 39.0 Å². The number of benzene rings is 3. The summed E-state index contributed by atoms with van der Waals surface area (Å²) in [5.41, 5.74) is 7.88. The molecular weight excluding hydrogens is 653 g/mol. The lowest BCUT2D eigenvalue weighted by atomic mass is 10.1. The maximum absolute atomic E-state index is 5.49. The quantitative estimate of drug-likeness (QED) is 0.164. The fraction of sp³-hybridized carbons (Fsp3) is 0.275. The Morgan fingerprint density at radius 1 is 0.769 bits per heavy atom. The minimum absolute atomic E-state index is 0.467. The largest absolute Gasteiger partial charge is 0.497 e. The van der Waals surface area contributed by atoms with Gasteiger partial charge >= 0.3 is 0 Å². The van der Waals surface area contributed by atoms with Gasteiger partial charge in [-0.15, -0.1) is 0 Å². The molecule has 0 amide bonds. The first-order valence-corrected chi connectivity index (χ1v) is 17.5. The molecule has 0 N–H and O–H groups in total. The standard InChI is InChI=1S/C40H42N10O2/c1-28-23-31(17-18-41-28)34-24-42-50-38(34)44-39(47-21-19-46(2)20-22-47)45-40(50)48(25-29-9-13-32(51-3)14-10-29)27-37-43-35-7-5-6-8-36(35)49(37)26-30-11-15-33(52-4)16-12-30/h5-18,23-24H,19-22,25-27H2,1-4H3. The molecular formula is C40H42N10O2. The number of para-hydroxylation sites is 2. The van der Waals surface area contributed by atoms with Crippen LogP contribution in [0.2, 0.25) is 0 Å². The minimum Gasteiger partial charge on any atom is -0.497 e. The first-order valence-electron chi connectivity index (χ1n) is 17.5. The molecule has 1 fully saturated rings. The fourth-order valence-corrected chi connectivity index (χ4v) is 6.78. The molecule has 0 unspecified atom stereocenters. The molecule has 4 aromatic heterocycles. The number of imidazole rings is 1. The first-order chi connectivity index (χ1) is 25.4. The van der Waals surface area contributed by atoms with Crippen molar-refractivity contribution < 1.29 is 9.47 Å². The van der Waals surface area contributed by atoms with Gasteiger partial charge in [0.1, 0.15) is 17.3 Å². The highest BCUT2D eigenvalue weighted by Gasteiger charge is 2.25. The SMILES string of the molecule is COc1ccc(CN(Cc2nc3ccccc3n2Cc2ccc(OC)cc2)c2nc(N3CCN(C)CC3)nc3c(-c4ccnc(C)c4)cnn23)cc1. The zero-order chi connectivity index (χ0) is 35.6. The van der Waals surface area contributed by atoms with Gasteiger partial charge in [-0.3, -0.25) is 4.98 Å². The number of pyridine rings is 1. The summed E-state index contributed by atoms with van der Waals surface area (Å²) in [5.74, 6) is 3.93. The molecule has 3 aromatic carbocycles. The number of piperazine rings is 1. The molecule has 52 heavy (non-hydrogen) atoms. The predicted octanol–water partition coefficient (Wildman–Crippen LogP) is 5.87. The number of hydrogen-bond acceptors (Lipinski definition) is 10. The van der Waals surface area contributed by atoms with E-state index >= 15 is 0 Å². The molecule has 1 aliphatic rings. The highest BCUT2D eigenvalue weighted by molar-refractivity contribution is 5.79. The summed E-state index contributed by atoms with van der Waals surface area (Å²) in [6, 6.07) is 28.8. The van der Waals surface area contributed by atoms with Gasteiger partial charge in [-0.1, -0.05) is 36.4 Å². The van der Waals surface area contributed by atoms with Crippen LogP contribution in [0.1, 0.15) is 22.6 Å². The molecule has 1 aliphatic heterocycles. The molecule has 0 aliphatic carbocycles. The molecule has 0 saturated carbocycles. The van der Waals surface area contributed by atoms with Crippen LogP contribution < -0.4 is 19.3 Å². The van der Waals surface area contributed by atoms with E-state index in [1.807, 2.05) is 60.2 Å². The van der Waals surface area contributed by atoms with E-state index in [0.29, 0.717) is 31.5 Å². The third-order valence-corrected chi connectivity index (χ3v) is 9.71. The van der Waals surface area contributed by atoms with Gasteiger partial charge in [0.2, 0.25) is 11.9 Å². The number of fused-ring (bicyclic) bond motifs is 2. The van der Waals surface area contributed by atoms with Crippen LogP contribution in [-0.4, -0.2) is 86.5 Å². The summed E-state index contributed by atoms with van der Waals surface area (Å²) < 4.78 is 15.1. The topological polar surface area (TPSA) is 102 Å². The number of aromatic nitrogens is 7. The zero-order valence-corrected chi connectivity index (χ0v) is 30.0. The number of aryl methyl sites for hydroxylation is 1. The molecule has 264 valence electrons. The van der Waals surface area contributed by atoms with E-state index in [0.717, 1.165) is 88.1 Å². The van der Waals surface area contributed by atoms with Crippen molar-refractivity contribution in [2.45, 2.75) is 26.6 Å². The van der Waals surface area contributed by atoms with Crippen molar-refractivity contribution in [1.29, 1.82) is 0 Å². The lowest BCUT2D eigenvalue weighted by Crippen LogP contribution is -2.45. The second-order valence-corrected chi connectivity index (χ2v) is 13.2. The van der Waals surface area contributed by atoms with Gasteiger partial charge in [0.15, 0.2) is 5.65 Å². The van der Waals surface area contributed by atoms with Crippen molar-refractivity contribution in [2.75, 3.05) is 57.2 Å². The van der Waals surface area contributed by atoms with Crippen LogP contribution in [0.15, 0.2) is 97.3 Å². The van der Waals surface area contributed by atoms with Crippen molar-refractivity contribution in [3.8, 4) is 22.6 Å². The maximum Gasteiger partial charge on any atom is 0.232 e. The zero-order valence-electron chi connectivity index (χ0n) is 30.0. The number of ether oxygens (including phenoxy) is 2. The van der Waals surface area contributed by atoms with Crippen LogP contribution in [0.25, 0.3) is 27.8 Å².